The van der Waals surface area contributed by atoms with Crippen molar-refractivity contribution in [3.63, 3.8) is 0 Å². The largest absolute Gasteiger partial charge is 0.273 e. The Hall–Kier alpha value is -3.09. The summed E-state index contributed by atoms with van der Waals surface area (Å²) < 4.78 is 13.3. The number of nitro benzene ring substituents is 1. The minimum atomic E-state index is -0.615. The molecule has 7 heteroatoms. The van der Waals surface area contributed by atoms with Crippen LogP contribution in [-0.4, -0.2) is 17.0 Å². The van der Waals surface area contributed by atoms with Crippen LogP contribution in [0, 0.1) is 22.9 Å². The van der Waals surface area contributed by atoms with Crippen LogP contribution in [0.25, 0.3) is 0 Å². The molecule has 0 saturated carbocycles. The van der Waals surface area contributed by atoms with Gasteiger partial charge >= 0.3 is 0 Å². The predicted octanol–water partition coefficient (Wildman–Crippen LogP) is 2.81. The van der Waals surface area contributed by atoms with Gasteiger partial charge in [0.25, 0.3) is 11.6 Å². The third kappa shape index (κ3) is 3.51. The molecule has 0 aliphatic heterocycles. The third-order valence-corrected chi connectivity index (χ3v) is 2.94. The van der Waals surface area contributed by atoms with Crippen LogP contribution in [0.4, 0.5) is 10.1 Å². The summed E-state index contributed by atoms with van der Waals surface area (Å²) in [5.41, 5.74) is 2.83. The summed E-state index contributed by atoms with van der Waals surface area (Å²) in [5, 5.41) is 14.5. The van der Waals surface area contributed by atoms with Crippen molar-refractivity contribution in [1.29, 1.82) is 0 Å². The molecule has 6 nitrogen and oxygen atoms in total. The summed E-state index contributed by atoms with van der Waals surface area (Å²) in [7, 11) is 0. The van der Waals surface area contributed by atoms with Gasteiger partial charge in [-0.15, -0.1) is 0 Å². The van der Waals surface area contributed by atoms with Gasteiger partial charge < -0.3 is 0 Å². The number of hydrogen-bond acceptors (Lipinski definition) is 4. The number of carbonyl (C=O) groups is 1. The molecule has 1 amide bonds. The number of amides is 1. The fourth-order valence-electron chi connectivity index (χ4n) is 1.75. The molecule has 0 aliphatic rings. The van der Waals surface area contributed by atoms with Crippen molar-refractivity contribution in [3.05, 3.63) is 75.1 Å². The van der Waals surface area contributed by atoms with Crippen molar-refractivity contribution >= 4 is 17.8 Å². The van der Waals surface area contributed by atoms with E-state index in [1.807, 2.05) is 0 Å². The lowest BCUT2D eigenvalue weighted by Crippen LogP contribution is -2.18. The predicted molar refractivity (Wildman–Crippen MR) is 79.3 cm³/mol. The Labute approximate surface area is 125 Å². The average molecular weight is 301 g/mol. The first-order chi connectivity index (χ1) is 10.5. The van der Waals surface area contributed by atoms with E-state index in [1.165, 1.54) is 36.4 Å². The fraction of sp³-hybridized carbons (Fsp3) is 0.0667. The summed E-state index contributed by atoms with van der Waals surface area (Å²) in [5.74, 6) is -1.08. The highest BCUT2D eigenvalue weighted by molar-refractivity contribution is 5.95. The van der Waals surface area contributed by atoms with Gasteiger partial charge in [-0.05, 0) is 19.1 Å². The Bertz CT molecular complexity index is 759. The van der Waals surface area contributed by atoms with Crippen LogP contribution < -0.4 is 5.43 Å². The second kappa shape index (κ2) is 6.57. The summed E-state index contributed by atoms with van der Waals surface area (Å²) >= 11 is 0. The molecule has 0 atom stereocenters. The highest BCUT2D eigenvalue weighted by atomic mass is 19.1. The number of rotatable bonds is 4. The van der Waals surface area contributed by atoms with E-state index < -0.39 is 16.6 Å². The highest BCUT2D eigenvalue weighted by Gasteiger charge is 2.14. The molecule has 2 rings (SSSR count). The summed E-state index contributed by atoms with van der Waals surface area (Å²) in [6, 6.07) is 10.0. The van der Waals surface area contributed by atoms with E-state index in [4.69, 9.17) is 0 Å². The lowest BCUT2D eigenvalue weighted by molar-refractivity contribution is -0.385. The van der Waals surface area contributed by atoms with Gasteiger partial charge in [0.2, 0.25) is 0 Å². The van der Waals surface area contributed by atoms with Gasteiger partial charge in [-0.2, -0.15) is 5.10 Å². The second-order valence-electron chi connectivity index (χ2n) is 4.48. The zero-order chi connectivity index (χ0) is 16.1. The Morgan fingerprint density at radius 2 is 2.05 bits per heavy atom. The normalized spacial score (nSPS) is 10.6. The number of carbonyl (C=O) groups excluding carboxylic acids is 1. The molecular weight excluding hydrogens is 289 g/mol. The average Bonchev–Trinajstić information content (AvgIpc) is 2.49. The maximum Gasteiger partial charge on any atom is 0.273 e. The zero-order valence-corrected chi connectivity index (χ0v) is 11.6. The van der Waals surface area contributed by atoms with Crippen LogP contribution in [0.5, 0.6) is 0 Å². The minimum Gasteiger partial charge on any atom is -0.267 e. The molecule has 0 heterocycles. The Kier molecular flexibility index (Phi) is 4.57. The highest BCUT2D eigenvalue weighted by Crippen LogP contribution is 2.19. The van der Waals surface area contributed by atoms with E-state index >= 15 is 0 Å². The molecule has 22 heavy (non-hydrogen) atoms. The minimum absolute atomic E-state index is 0.1000. The molecule has 112 valence electrons. The molecule has 2 aromatic carbocycles. The number of halogens is 1. The Balaban J connectivity index is 2.12. The van der Waals surface area contributed by atoms with E-state index in [9.17, 15) is 19.3 Å². The molecule has 0 radical (unpaired) electrons. The van der Waals surface area contributed by atoms with Gasteiger partial charge in [0, 0.05) is 22.8 Å². The van der Waals surface area contributed by atoms with Crippen LogP contribution in [0.2, 0.25) is 0 Å². The first-order valence-corrected chi connectivity index (χ1v) is 6.32. The van der Waals surface area contributed by atoms with Crippen LogP contribution in [-0.2, 0) is 0 Å². The van der Waals surface area contributed by atoms with Crippen molar-refractivity contribution in [2.45, 2.75) is 6.92 Å². The second-order valence-corrected chi connectivity index (χ2v) is 4.48. The van der Waals surface area contributed by atoms with Gasteiger partial charge in [0.05, 0.1) is 11.1 Å². The molecule has 0 spiro atoms. The molecule has 0 bridgehead atoms. The van der Waals surface area contributed by atoms with Gasteiger partial charge in [-0.25, -0.2) is 9.82 Å². The molecule has 0 saturated heterocycles. The Morgan fingerprint density at radius 3 is 2.73 bits per heavy atom. The number of nitrogens with zero attached hydrogens (tertiary/aromatic N) is 2. The van der Waals surface area contributed by atoms with E-state index in [0.29, 0.717) is 5.56 Å². The SMILES string of the molecule is Cc1ccc(C(=O)N/N=C/c2ccccc2F)cc1[N+](=O)[O-]. The van der Waals surface area contributed by atoms with Crippen LogP contribution >= 0.6 is 0 Å². The lowest BCUT2D eigenvalue weighted by atomic mass is 10.1. The zero-order valence-electron chi connectivity index (χ0n) is 11.6. The van der Waals surface area contributed by atoms with E-state index in [2.05, 4.69) is 10.5 Å². The maximum absolute atomic E-state index is 13.3. The molecule has 0 fully saturated rings. The van der Waals surface area contributed by atoms with Crippen molar-refractivity contribution in [2.75, 3.05) is 0 Å². The molecule has 1 N–H and O–H groups in total. The van der Waals surface area contributed by atoms with Crippen LogP contribution in [0.1, 0.15) is 21.5 Å². The number of hydrogen-bond donors (Lipinski definition) is 1. The van der Waals surface area contributed by atoms with Gasteiger partial charge in [-0.3, -0.25) is 14.9 Å². The van der Waals surface area contributed by atoms with Crippen LogP contribution in [0.15, 0.2) is 47.6 Å². The lowest BCUT2D eigenvalue weighted by Gasteiger charge is -2.02. The van der Waals surface area contributed by atoms with Gasteiger partial charge in [0.1, 0.15) is 5.82 Å². The molecule has 0 aromatic heterocycles. The molecule has 2 aromatic rings. The monoisotopic (exact) mass is 301 g/mol. The number of benzene rings is 2. The van der Waals surface area contributed by atoms with Gasteiger partial charge in [-0.1, -0.05) is 24.3 Å². The number of hydrazone groups is 1. The first kappa shape index (κ1) is 15.3. The van der Waals surface area contributed by atoms with Crippen LogP contribution in [0.3, 0.4) is 0 Å². The third-order valence-electron chi connectivity index (χ3n) is 2.94. The van der Waals surface area contributed by atoms with E-state index in [0.717, 1.165) is 6.21 Å². The summed E-state index contributed by atoms with van der Waals surface area (Å²) in [6.07, 6.45) is 1.16. The number of nitro groups is 1. The molecular formula is C15H12FN3O3. The molecule has 0 unspecified atom stereocenters. The standard InChI is InChI=1S/C15H12FN3O3/c1-10-6-7-11(8-14(10)19(21)22)15(20)18-17-9-12-4-2-3-5-13(12)16/h2-9H,1H3,(H,18,20)/b17-9+. The van der Waals surface area contributed by atoms with Crippen molar-refractivity contribution in [3.8, 4) is 0 Å². The molecule has 0 aliphatic carbocycles. The van der Waals surface area contributed by atoms with Crippen molar-refractivity contribution in [1.82, 2.24) is 5.43 Å². The number of nitrogens with one attached hydrogen (secondary N) is 1. The fourth-order valence-corrected chi connectivity index (χ4v) is 1.75. The van der Waals surface area contributed by atoms with E-state index in [-0.39, 0.29) is 16.8 Å². The van der Waals surface area contributed by atoms with Gasteiger partial charge in [0.15, 0.2) is 0 Å². The quantitative estimate of drug-likeness (QED) is 0.535. The smallest absolute Gasteiger partial charge is 0.267 e. The van der Waals surface area contributed by atoms with Crippen molar-refractivity contribution < 1.29 is 14.1 Å². The summed E-state index contributed by atoms with van der Waals surface area (Å²) in [6.45, 7) is 1.58. The maximum atomic E-state index is 13.3. The Morgan fingerprint density at radius 1 is 1.32 bits per heavy atom. The first-order valence-electron chi connectivity index (χ1n) is 6.32. The number of aryl methyl sites for hydroxylation is 1. The van der Waals surface area contributed by atoms with Crippen molar-refractivity contribution in [2.24, 2.45) is 5.10 Å². The summed E-state index contributed by atoms with van der Waals surface area (Å²) in [4.78, 5) is 22.1. The van der Waals surface area contributed by atoms with E-state index in [1.54, 1.807) is 13.0 Å². The topological polar surface area (TPSA) is 84.6 Å².